The average molecular weight is 429 g/mol. The number of aliphatic hydroxyl groups is 1. The first-order valence-corrected chi connectivity index (χ1v) is 10.5. The van der Waals surface area contributed by atoms with Gasteiger partial charge in [-0.2, -0.15) is 5.26 Å². The lowest BCUT2D eigenvalue weighted by Gasteiger charge is -2.09. The fourth-order valence-corrected chi connectivity index (χ4v) is 3.71. The Morgan fingerprint density at radius 1 is 0.900 bits per heavy atom. The monoisotopic (exact) mass is 428 g/mol. The number of thiazole rings is 1. The van der Waals surface area contributed by atoms with E-state index in [0.29, 0.717) is 57.6 Å². The van der Waals surface area contributed by atoms with Crippen molar-refractivity contribution < 1.29 is 24.1 Å². The predicted octanol–water partition coefficient (Wildman–Crippen LogP) is 3.26. The zero-order valence-electron chi connectivity index (χ0n) is 16.6. The van der Waals surface area contributed by atoms with E-state index < -0.39 is 0 Å². The summed E-state index contributed by atoms with van der Waals surface area (Å²) in [4.78, 5) is 4.63. The van der Waals surface area contributed by atoms with Gasteiger partial charge in [-0.05, 0) is 30.3 Å². The van der Waals surface area contributed by atoms with Crippen LogP contribution in [-0.2, 0) is 14.2 Å². The normalized spacial score (nSPS) is 10.9. The van der Waals surface area contributed by atoms with Crippen LogP contribution in [0.1, 0.15) is 5.56 Å². The zero-order valence-corrected chi connectivity index (χ0v) is 17.4. The molecule has 158 valence electrons. The molecule has 2 aromatic carbocycles. The number of fused-ring (bicyclic) bond motifs is 1. The Kier molecular flexibility index (Phi) is 9.03. The molecule has 1 heterocycles. The summed E-state index contributed by atoms with van der Waals surface area (Å²) < 4.78 is 22.7. The van der Waals surface area contributed by atoms with Gasteiger partial charge in [0, 0.05) is 5.56 Å². The van der Waals surface area contributed by atoms with Gasteiger partial charge in [0.05, 0.1) is 62.0 Å². The van der Waals surface area contributed by atoms with Crippen molar-refractivity contribution in [2.24, 2.45) is 0 Å². The highest BCUT2D eigenvalue weighted by Gasteiger charge is 2.11. The van der Waals surface area contributed by atoms with Gasteiger partial charge in [0.1, 0.15) is 23.4 Å². The van der Waals surface area contributed by atoms with E-state index in [2.05, 4.69) is 11.1 Å². The zero-order chi connectivity index (χ0) is 21.0. The van der Waals surface area contributed by atoms with E-state index in [1.165, 1.54) is 0 Å². The maximum atomic E-state index is 9.55. The van der Waals surface area contributed by atoms with Crippen LogP contribution in [0.2, 0.25) is 0 Å². The van der Waals surface area contributed by atoms with Crippen molar-refractivity contribution in [3.63, 3.8) is 0 Å². The van der Waals surface area contributed by atoms with E-state index in [9.17, 15) is 5.26 Å². The number of nitrogens with zero attached hydrogens (tertiary/aromatic N) is 2. The van der Waals surface area contributed by atoms with Crippen LogP contribution in [0.15, 0.2) is 42.5 Å². The van der Waals surface area contributed by atoms with Crippen molar-refractivity contribution in [1.29, 1.82) is 5.26 Å². The molecule has 0 unspecified atom stereocenters. The SMILES string of the molecule is N#Cc1cc(OCCOCCOCCOCCO)ccc1-c1nc2ccccc2s1. The van der Waals surface area contributed by atoms with E-state index in [4.69, 9.17) is 24.1 Å². The highest BCUT2D eigenvalue weighted by molar-refractivity contribution is 7.21. The first-order chi connectivity index (χ1) is 14.8. The minimum absolute atomic E-state index is 0.0175. The average Bonchev–Trinajstić information content (AvgIpc) is 3.21. The molecular weight excluding hydrogens is 404 g/mol. The molecule has 1 N–H and O–H groups in total. The number of para-hydroxylation sites is 1. The minimum Gasteiger partial charge on any atom is -0.491 e. The molecule has 3 aromatic rings. The van der Waals surface area contributed by atoms with Gasteiger partial charge < -0.3 is 24.1 Å². The standard InChI is InChI=1S/C22H24N2O5S/c23-16-17-15-18(29-14-13-28-12-11-27-10-9-26-8-7-25)5-6-19(17)22-24-20-3-1-2-4-21(20)30-22/h1-6,15,25H,7-14H2. The fraction of sp³-hybridized carbons (Fsp3) is 0.364. The Bertz CT molecular complexity index is 937. The summed E-state index contributed by atoms with van der Waals surface area (Å²) in [5.74, 6) is 0.622. The first-order valence-electron chi connectivity index (χ1n) is 9.69. The molecule has 0 aliphatic rings. The Balaban J connectivity index is 1.42. The lowest BCUT2D eigenvalue weighted by Crippen LogP contribution is -2.13. The summed E-state index contributed by atoms with van der Waals surface area (Å²) in [5.41, 5.74) is 2.27. The van der Waals surface area contributed by atoms with E-state index >= 15 is 0 Å². The number of aromatic nitrogens is 1. The number of aliphatic hydroxyl groups excluding tert-OH is 1. The molecule has 1 aromatic heterocycles. The molecular formula is C22H24N2O5S. The second-order valence-electron chi connectivity index (χ2n) is 6.22. The van der Waals surface area contributed by atoms with Crippen LogP contribution < -0.4 is 4.74 Å². The summed E-state index contributed by atoms with van der Waals surface area (Å²) >= 11 is 1.57. The maximum absolute atomic E-state index is 9.55. The van der Waals surface area contributed by atoms with Gasteiger partial charge in [0.2, 0.25) is 0 Å². The Hall–Kier alpha value is -2.54. The molecule has 0 aliphatic carbocycles. The van der Waals surface area contributed by atoms with Crippen LogP contribution in [0.3, 0.4) is 0 Å². The summed E-state index contributed by atoms with van der Waals surface area (Å²) in [6.45, 7) is 3.00. The minimum atomic E-state index is 0.0175. The molecule has 0 atom stereocenters. The fourth-order valence-electron chi connectivity index (χ4n) is 2.70. The van der Waals surface area contributed by atoms with Crippen LogP contribution in [0.5, 0.6) is 5.75 Å². The molecule has 0 amide bonds. The molecule has 0 spiro atoms. The van der Waals surface area contributed by atoms with Gasteiger partial charge in [-0.3, -0.25) is 0 Å². The number of benzene rings is 2. The number of hydrogen-bond acceptors (Lipinski definition) is 8. The van der Waals surface area contributed by atoms with Crippen LogP contribution in [-0.4, -0.2) is 62.9 Å². The quantitative estimate of drug-likeness (QED) is 0.418. The molecule has 0 aliphatic heterocycles. The molecule has 30 heavy (non-hydrogen) atoms. The van der Waals surface area contributed by atoms with Gasteiger partial charge in [-0.15, -0.1) is 11.3 Å². The number of rotatable bonds is 13. The molecule has 8 heteroatoms. The smallest absolute Gasteiger partial charge is 0.125 e. The van der Waals surface area contributed by atoms with Crippen LogP contribution >= 0.6 is 11.3 Å². The lowest BCUT2D eigenvalue weighted by atomic mass is 10.1. The van der Waals surface area contributed by atoms with Crippen LogP contribution in [0.25, 0.3) is 20.8 Å². The van der Waals surface area contributed by atoms with E-state index in [1.54, 1.807) is 17.4 Å². The summed E-state index contributed by atoms with van der Waals surface area (Å²) in [7, 11) is 0. The second kappa shape index (κ2) is 12.2. The van der Waals surface area contributed by atoms with E-state index in [0.717, 1.165) is 20.8 Å². The highest BCUT2D eigenvalue weighted by Crippen LogP contribution is 2.33. The molecule has 3 rings (SSSR count). The molecule has 7 nitrogen and oxygen atoms in total. The Morgan fingerprint density at radius 2 is 1.60 bits per heavy atom. The third-order valence-corrected chi connectivity index (χ3v) is 5.18. The first kappa shape index (κ1) is 22.2. The number of nitriles is 1. The van der Waals surface area contributed by atoms with Gasteiger partial charge in [0.25, 0.3) is 0 Å². The maximum Gasteiger partial charge on any atom is 0.125 e. The largest absolute Gasteiger partial charge is 0.491 e. The van der Waals surface area contributed by atoms with Crippen molar-refractivity contribution in [3.8, 4) is 22.4 Å². The van der Waals surface area contributed by atoms with Crippen LogP contribution in [0.4, 0.5) is 0 Å². The topological polar surface area (TPSA) is 93.8 Å². The number of hydrogen-bond donors (Lipinski definition) is 1. The summed E-state index contributed by atoms with van der Waals surface area (Å²) in [6, 6.07) is 15.6. The van der Waals surface area contributed by atoms with Crippen molar-refractivity contribution in [2.75, 3.05) is 52.9 Å². The summed E-state index contributed by atoms with van der Waals surface area (Å²) in [5, 5.41) is 19.0. The molecule has 0 fully saturated rings. The Morgan fingerprint density at radius 3 is 2.30 bits per heavy atom. The van der Waals surface area contributed by atoms with Gasteiger partial charge in [0.15, 0.2) is 0 Å². The van der Waals surface area contributed by atoms with Gasteiger partial charge in [-0.25, -0.2) is 4.98 Å². The molecule has 0 radical (unpaired) electrons. The van der Waals surface area contributed by atoms with Crippen molar-refractivity contribution in [3.05, 3.63) is 48.0 Å². The van der Waals surface area contributed by atoms with Crippen molar-refractivity contribution in [1.82, 2.24) is 4.98 Å². The number of ether oxygens (including phenoxy) is 4. The van der Waals surface area contributed by atoms with Crippen molar-refractivity contribution >= 4 is 21.6 Å². The highest BCUT2D eigenvalue weighted by atomic mass is 32.1. The van der Waals surface area contributed by atoms with Gasteiger partial charge >= 0.3 is 0 Å². The third-order valence-electron chi connectivity index (χ3n) is 4.11. The van der Waals surface area contributed by atoms with Crippen molar-refractivity contribution in [2.45, 2.75) is 0 Å². The second-order valence-corrected chi connectivity index (χ2v) is 7.25. The van der Waals surface area contributed by atoms with Crippen LogP contribution in [0, 0.1) is 11.3 Å². The van der Waals surface area contributed by atoms with E-state index in [-0.39, 0.29) is 6.61 Å². The Labute approximate surface area is 179 Å². The lowest BCUT2D eigenvalue weighted by molar-refractivity contribution is 0.00361. The predicted molar refractivity (Wildman–Crippen MR) is 115 cm³/mol. The van der Waals surface area contributed by atoms with Gasteiger partial charge in [-0.1, -0.05) is 12.1 Å². The third kappa shape index (κ3) is 6.49. The molecule has 0 bridgehead atoms. The molecule has 0 saturated carbocycles. The summed E-state index contributed by atoms with van der Waals surface area (Å²) in [6.07, 6.45) is 0. The molecule has 0 saturated heterocycles. The van der Waals surface area contributed by atoms with E-state index in [1.807, 2.05) is 36.4 Å².